The van der Waals surface area contributed by atoms with E-state index in [9.17, 15) is 4.79 Å². The van der Waals surface area contributed by atoms with Crippen molar-refractivity contribution >= 4 is 22.1 Å². The number of hydrogen-bond acceptors (Lipinski definition) is 3. The number of nitrogens with one attached hydrogen (secondary N) is 1. The minimum absolute atomic E-state index is 0.0781. The van der Waals surface area contributed by atoms with Crippen LogP contribution in [-0.4, -0.2) is 12.8 Å². The molecule has 0 saturated heterocycles. The number of carbonyl (C=O) groups excluding carboxylic acids is 1. The smallest absolute Gasteiger partial charge is 0.195 e. The number of hydrogen-bond donors (Lipinski definition) is 1. The molecule has 0 spiro atoms. The fourth-order valence-electron chi connectivity index (χ4n) is 1.61. The highest BCUT2D eigenvalue weighted by Gasteiger charge is 2.15. The Kier molecular flexibility index (Phi) is 3.06. The molecule has 2 nitrogen and oxygen atoms in total. The lowest BCUT2D eigenvalue weighted by atomic mass is 10.1. The van der Waals surface area contributed by atoms with Crippen molar-refractivity contribution in [2.45, 2.75) is 6.92 Å². The van der Waals surface area contributed by atoms with Gasteiger partial charge in [-0.2, -0.15) is 0 Å². The Morgan fingerprint density at radius 1 is 1.25 bits per heavy atom. The van der Waals surface area contributed by atoms with E-state index in [1.807, 2.05) is 50.4 Å². The molecule has 1 aromatic heterocycles. The average Bonchev–Trinajstić information content (AvgIpc) is 2.70. The second-order valence-electron chi connectivity index (χ2n) is 3.54. The maximum atomic E-state index is 12.2. The van der Waals surface area contributed by atoms with Gasteiger partial charge in [0.05, 0.1) is 10.6 Å². The summed E-state index contributed by atoms with van der Waals surface area (Å²) in [4.78, 5) is 13.3. The number of rotatable bonds is 3. The monoisotopic (exact) mass is 231 g/mol. The zero-order valence-corrected chi connectivity index (χ0v) is 10.1. The zero-order valence-electron chi connectivity index (χ0n) is 9.28. The molecule has 0 atom stereocenters. The molecule has 3 heteroatoms. The number of benzene rings is 1. The van der Waals surface area contributed by atoms with Gasteiger partial charge in [-0.1, -0.05) is 30.3 Å². The minimum atomic E-state index is 0.0781. The summed E-state index contributed by atoms with van der Waals surface area (Å²) in [5, 5.41) is 4.00. The van der Waals surface area contributed by atoms with Crippen LogP contribution in [0.2, 0.25) is 0 Å². The maximum absolute atomic E-state index is 12.2. The fraction of sp³-hybridized carbons (Fsp3) is 0.154. The molecule has 0 aliphatic carbocycles. The van der Waals surface area contributed by atoms with Gasteiger partial charge in [-0.3, -0.25) is 4.79 Å². The van der Waals surface area contributed by atoms with Crippen LogP contribution in [-0.2, 0) is 0 Å². The molecule has 0 aliphatic heterocycles. The third-order valence-corrected chi connectivity index (χ3v) is 3.43. The normalized spacial score (nSPS) is 10.1. The highest BCUT2D eigenvalue weighted by molar-refractivity contribution is 7.16. The van der Waals surface area contributed by atoms with Crippen LogP contribution in [0.1, 0.15) is 20.8 Å². The molecule has 0 bridgehead atoms. The molecular formula is C13H13NOS. The first kappa shape index (κ1) is 10.9. The summed E-state index contributed by atoms with van der Waals surface area (Å²) in [6.07, 6.45) is 0. The summed E-state index contributed by atoms with van der Waals surface area (Å²) < 4.78 is 0. The van der Waals surface area contributed by atoms with Crippen molar-refractivity contribution in [2.24, 2.45) is 0 Å². The van der Waals surface area contributed by atoms with E-state index in [1.54, 1.807) is 11.3 Å². The van der Waals surface area contributed by atoms with Crippen LogP contribution in [0, 0.1) is 6.92 Å². The minimum Gasteiger partial charge on any atom is -0.379 e. The standard InChI is InChI=1S/C13H13NOS/c1-9-8-11(13(14-2)16-9)12(15)10-6-4-3-5-7-10/h3-8,14H,1-2H3. The number of anilines is 1. The second-order valence-corrected chi connectivity index (χ2v) is 4.80. The third-order valence-electron chi connectivity index (χ3n) is 2.36. The van der Waals surface area contributed by atoms with Gasteiger partial charge in [0.1, 0.15) is 0 Å². The van der Waals surface area contributed by atoms with Gasteiger partial charge in [0.2, 0.25) is 0 Å². The average molecular weight is 231 g/mol. The van der Waals surface area contributed by atoms with Crippen LogP contribution < -0.4 is 5.32 Å². The Labute approximate surface area is 98.9 Å². The van der Waals surface area contributed by atoms with E-state index < -0.39 is 0 Å². The molecule has 16 heavy (non-hydrogen) atoms. The Morgan fingerprint density at radius 2 is 1.94 bits per heavy atom. The summed E-state index contributed by atoms with van der Waals surface area (Å²) in [5.74, 6) is 0.0781. The summed E-state index contributed by atoms with van der Waals surface area (Å²) in [7, 11) is 1.84. The van der Waals surface area contributed by atoms with E-state index >= 15 is 0 Å². The Bertz CT molecular complexity index is 502. The topological polar surface area (TPSA) is 29.1 Å². The van der Waals surface area contributed by atoms with Crippen molar-refractivity contribution in [3.05, 3.63) is 52.4 Å². The van der Waals surface area contributed by atoms with E-state index in [0.29, 0.717) is 0 Å². The van der Waals surface area contributed by atoms with Crippen molar-refractivity contribution in [1.82, 2.24) is 0 Å². The molecular weight excluding hydrogens is 218 g/mol. The lowest BCUT2D eigenvalue weighted by Gasteiger charge is -2.01. The Hall–Kier alpha value is -1.61. The molecule has 0 unspecified atom stereocenters. The number of ketones is 1. The molecule has 0 aliphatic rings. The molecule has 1 N–H and O–H groups in total. The number of carbonyl (C=O) groups is 1. The van der Waals surface area contributed by atoms with E-state index in [1.165, 1.54) is 0 Å². The molecule has 0 radical (unpaired) electrons. The fourth-order valence-corrected chi connectivity index (χ4v) is 2.48. The molecule has 1 aromatic carbocycles. The highest BCUT2D eigenvalue weighted by atomic mass is 32.1. The molecule has 0 saturated carbocycles. The van der Waals surface area contributed by atoms with Crippen LogP contribution in [0.5, 0.6) is 0 Å². The number of aryl methyl sites for hydroxylation is 1. The first-order chi connectivity index (χ1) is 7.72. The summed E-state index contributed by atoms with van der Waals surface area (Å²) in [6, 6.07) is 11.3. The predicted molar refractivity (Wildman–Crippen MR) is 68.5 cm³/mol. The van der Waals surface area contributed by atoms with Crippen LogP contribution in [0.25, 0.3) is 0 Å². The van der Waals surface area contributed by atoms with Gasteiger partial charge in [-0.25, -0.2) is 0 Å². The predicted octanol–water partition coefficient (Wildman–Crippen LogP) is 3.33. The van der Waals surface area contributed by atoms with Crippen molar-refractivity contribution in [3.8, 4) is 0 Å². The SMILES string of the molecule is CNc1sc(C)cc1C(=O)c1ccccc1. The van der Waals surface area contributed by atoms with E-state index in [2.05, 4.69) is 5.32 Å². The lowest BCUT2D eigenvalue weighted by Crippen LogP contribution is -2.02. The Balaban J connectivity index is 2.41. The van der Waals surface area contributed by atoms with Crippen LogP contribution in [0.4, 0.5) is 5.00 Å². The molecule has 2 aromatic rings. The van der Waals surface area contributed by atoms with Gasteiger partial charge >= 0.3 is 0 Å². The first-order valence-corrected chi connectivity index (χ1v) is 5.92. The second kappa shape index (κ2) is 4.49. The summed E-state index contributed by atoms with van der Waals surface area (Å²) >= 11 is 1.61. The Morgan fingerprint density at radius 3 is 2.56 bits per heavy atom. The van der Waals surface area contributed by atoms with E-state index in [-0.39, 0.29) is 5.78 Å². The maximum Gasteiger partial charge on any atom is 0.195 e. The highest BCUT2D eigenvalue weighted by Crippen LogP contribution is 2.28. The largest absolute Gasteiger partial charge is 0.379 e. The van der Waals surface area contributed by atoms with Gasteiger partial charge in [-0.15, -0.1) is 11.3 Å². The zero-order chi connectivity index (χ0) is 11.5. The molecule has 1 heterocycles. The van der Waals surface area contributed by atoms with Gasteiger partial charge in [-0.05, 0) is 13.0 Å². The van der Waals surface area contributed by atoms with Gasteiger partial charge in [0, 0.05) is 17.5 Å². The van der Waals surface area contributed by atoms with Crippen molar-refractivity contribution < 1.29 is 4.79 Å². The van der Waals surface area contributed by atoms with Gasteiger partial charge in [0.25, 0.3) is 0 Å². The van der Waals surface area contributed by atoms with E-state index in [4.69, 9.17) is 0 Å². The third kappa shape index (κ3) is 1.99. The molecule has 0 amide bonds. The first-order valence-electron chi connectivity index (χ1n) is 5.10. The van der Waals surface area contributed by atoms with Crippen LogP contribution >= 0.6 is 11.3 Å². The van der Waals surface area contributed by atoms with Gasteiger partial charge < -0.3 is 5.32 Å². The summed E-state index contributed by atoms with van der Waals surface area (Å²) in [6.45, 7) is 2.01. The van der Waals surface area contributed by atoms with Gasteiger partial charge in [0.15, 0.2) is 5.78 Å². The van der Waals surface area contributed by atoms with Crippen molar-refractivity contribution in [1.29, 1.82) is 0 Å². The molecule has 82 valence electrons. The van der Waals surface area contributed by atoms with Crippen LogP contribution in [0.3, 0.4) is 0 Å². The van der Waals surface area contributed by atoms with Crippen molar-refractivity contribution in [3.63, 3.8) is 0 Å². The number of thiophene rings is 1. The van der Waals surface area contributed by atoms with Crippen molar-refractivity contribution in [2.75, 3.05) is 12.4 Å². The quantitative estimate of drug-likeness (QED) is 0.821. The summed E-state index contributed by atoms with van der Waals surface area (Å²) in [5.41, 5.74) is 1.49. The van der Waals surface area contributed by atoms with E-state index in [0.717, 1.165) is 21.0 Å². The molecule has 0 fully saturated rings. The lowest BCUT2D eigenvalue weighted by molar-refractivity contribution is 0.104. The molecule has 2 rings (SSSR count). The van der Waals surface area contributed by atoms with Crippen LogP contribution in [0.15, 0.2) is 36.4 Å².